The van der Waals surface area contributed by atoms with Crippen molar-refractivity contribution in [1.29, 1.82) is 0 Å². The summed E-state index contributed by atoms with van der Waals surface area (Å²) in [6.45, 7) is 5.52. The van der Waals surface area contributed by atoms with E-state index in [1.165, 1.54) is 12.8 Å². The van der Waals surface area contributed by atoms with Crippen molar-refractivity contribution in [2.45, 2.75) is 32.1 Å². The maximum Gasteiger partial charge on any atom is 0.179 e. The highest BCUT2D eigenvalue weighted by molar-refractivity contribution is 7.95. The maximum absolute atomic E-state index is 4.56. The van der Waals surface area contributed by atoms with Crippen LogP contribution in [0.5, 0.6) is 0 Å². The van der Waals surface area contributed by atoms with Gasteiger partial charge >= 0.3 is 0 Å². The Morgan fingerprint density at radius 1 is 1.32 bits per heavy atom. The second kappa shape index (κ2) is 6.26. The van der Waals surface area contributed by atoms with Crippen molar-refractivity contribution >= 4 is 28.9 Å². The lowest BCUT2D eigenvalue weighted by molar-refractivity contribution is 0.475. The van der Waals surface area contributed by atoms with Gasteiger partial charge in [-0.3, -0.25) is 9.12 Å². The van der Waals surface area contributed by atoms with Gasteiger partial charge in [-0.2, -0.15) is 0 Å². The van der Waals surface area contributed by atoms with Crippen LogP contribution in [0, 0.1) is 11.8 Å². The molecule has 2 atom stereocenters. The van der Waals surface area contributed by atoms with Gasteiger partial charge in [-0.1, -0.05) is 13.3 Å². The van der Waals surface area contributed by atoms with Gasteiger partial charge in [-0.15, -0.1) is 10.2 Å². The van der Waals surface area contributed by atoms with E-state index in [1.54, 1.807) is 18.3 Å². The predicted octanol–water partition coefficient (Wildman–Crippen LogP) is 2.59. The van der Waals surface area contributed by atoms with Crippen LogP contribution in [0.1, 0.15) is 37.9 Å². The van der Waals surface area contributed by atoms with E-state index >= 15 is 0 Å². The fourth-order valence-electron chi connectivity index (χ4n) is 3.82. The zero-order valence-corrected chi connectivity index (χ0v) is 15.2. The van der Waals surface area contributed by atoms with E-state index in [0.717, 1.165) is 54.6 Å². The normalized spacial score (nSPS) is 24.7. The van der Waals surface area contributed by atoms with Crippen LogP contribution in [-0.2, 0) is 0 Å². The number of hydrogen-bond donors (Lipinski definition) is 2. The molecule has 8 heteroatoms. The number of hydrogen-bond acceptors (Lipinski definition) is 6. The van der Waals surface area contributed by atoms with Gasteiger partial charge < -0.3 is 4.98 Å². The van der Waals surface area contributed by atoms with Crippen LogP contribution < -0.4 is 4.72 Å². The number of fused-ring (bicyclic) bond motifs is 3. The number of rotatable bonds is 6. The zero-order chi connectivity index (χ0) is 16.8. The largest absolute Gasteiger partial charge is 0.345 e. The van der Waals surface area contributed by atoms with E-state index < -0.39 is 0 Å². The van der Waals surface area contributed by atoms with Crippen LogP contribution in [0.2, 0.25) is 0 Å². The molecule has 0 amide bonds. The molecule has 2 unspecified atom stereocenters. The Kier molecular flexibility index (Phi) is 3.91. The molecule has 0 spiro atoms. The number of aromatic amines is 1. The van der Waals surface area contributed by atoms with Crippen LogP contribution in [0.4, 0.5) is 0 Å². The zero-order valence-electron chi connectivity index (χ0n) is 14.4. The summed E-state index contributed by atoms with van der Waals surface area (Å²) in [6, 6.07) is 2.06. The lowest BCUT2D eigenvalue weighted by Crippen LogP contribution is -2.20. The van der Waals surface area contributed by atoms with Crippen molar-refractivity contribution in [3.63, 3.8) is 0 Å². The van der Waals surface area contributed by atoms with E-state index in [1.807, 2.05) is 6.20 Å². The molecule has 2 aliphatic rings. The Morgan fingerprint density at radius 3 is 3.08 bits per heavy atom. The summed E-state index contributed by atoms with van der Waals surface area (Å²) in [5.74, 6) is 2.97. The van der Waals surface area contributed by atoms with Crippen LogP contribution in [-0.4, -0.2) is 48.5 Å². The SMILES string of the molecule is CCC1CN(SNCC2CC2)CC1c1nnc2cnc3[nH]ccc3n12. The minimum Gasteiger partial charge on any atom is -0.345 e. The third-order valence-corrected chi connectivity index (χ3v) is 6.35. The number of nitrogens with zero attached hydrogens (tertiary/aromatic N) is 5. The fourth-order valence-corrected chi connectivity index (χ4v) is 4.81. The van der Waals surface area contributed by atoms with E-state index in [9.17, 15) is 0 Å². The molecule has 1 saturated heterocycles. The predicted molar refractivity (Wildman–Crippen MR) is 99.1 cm³/mol. The first-order chi connectivity index (χ1) is 12.3. The Labute approximate surface area is 150 Å². The summed E-state index contributed by atoms with van der Waals surface area (Å²) >= 11 is 1.79. The van der Waals surface area contributed by atoms with Crippen molar-refractivity contribution in [3.05, 3.63) is 24.3 Å². The number of nitrogens with one attached hydrogen (secondary N) is 2. The smallest absolute Gasteiger partial charge is 0.179 e. The summed E-state index contributed by atoms with van der Waals surface area (Å²) in [5.41, 5.74) is 2.78. The molecule has 132 valence electrons. The molecule has 0 bridgehead atoms. The Hall–Kier alpha value is -1.64. The summed E-state index contributed by atoms with van der Waals surface area (Å²) in [6.07, 6.45) is 7.66. The van der Waals surface area contributed by atoms with Crippen molar-refractivity contribution in [2.75, 3.05) is 19.6 Å². The van der Waals surface area contributed by atoms with Gasteiger partial charge in [-0.05, 0) is 30.7 Å². The summed E-state index contributed by atoms with van der Waals surface area (Å²) in [4.78, 5) is 7.61. The molecule has 1 saturated carbocycles. The molecule has 3 aromatic rings. The average molecular weight is 357 g/mol. The quantitative estimate of drug-likeness (QED) is 0.661. The van der Waals surface area contributed by atoms with Crippen molar-refractivity contribution in [3.8, 4) is 0 Å². The van der Waals surface area contributed by atoms with Crippen LogP contribution in [0.3, 0.4) is 0 Å². The molecule has 1 aliphatic heterocycles. The first kappa shape index (κ1) is 15.6. The van der Waals surface area contributed by atoms with Gasteiger partial charge in [0.05, 0.1) is 11.7 Å². The van der Waals surface area contributed by atoms with Gasteiger partial charge in [0, 0.05) is 43.9 Å². The standard InChI is InChI=1S/C17H23N7S/c1-2-12-9-23(25-20-7-11-3-4-11)10-13(12)17-22-21-15-8-19-16-14(24(15)17)5-6-18-16/h5-6,8,11-13,18,20H,2-4,7,9-10H2,1H3. The number of H-pyrrole nitrogens is 1. The first-order valence-electron chi connectivity index (χ1n) is 9.15. The second-order valence-electron chi connectivity index (χ2n) is 7.23. The molecule has 2 fully saturated rings. The first-order valence-corrected chi connectivity index (χ1v) is 9.92. The monoisotopic (exact) mass is 357 g/mol. The van der Waals surface area contributed by atoms with Crippen molar-refractivity contribution in [1.82, 2.24) is 33.6 Å². The highest BCUT2D eigenvalue weighted by Crippen LogP contribution is 2.37. The van der Waals surface area contributed by atoms with E-state index in [-0.39, 0.29) is 0 Å². The minimum atomic E-state index is 0.399. The Balaban J connectivity index is 1.42. The van der Waals surface area contributed by atoms with Gasteiger partial charge in [-0.25, -0.2) is 9.29 Å². The summed E-state index contributed by atoms with van der Waals surface area (Å²) < 4.78 is 8.18. The molecule has 1 aliphatic carbocycles. The molecular weight excluding hydrogens is 334 g/mol. The molecule has 2 N–H and O–H groups in total. The van der Waals surface area contributed by atoms with Gasteiger partial charge in [0.25, 0.3) is 0 Å². The third-order valence-electron chi connectivity index (χ3n) is 5.49. The molecule has 0 aromatic carbocycles. The molecule has 5 rings (SSSR count). The van der Waals surface area contributed by atoms with Crippen LogP contribution in [0.15, 0.2) is 18.5 Å². The topological polar surface area (TPSA) is 74.1 Å². The second-order valence-corrected chi connectivity index (χ2v) is 8.21. The van der Waals surface area contributed by atoms with Crippen LogP contribution in [0.25, 0.3) is 16.8 Å². The Morgan fingerprint density at radius 2 is 2.24 bits per heavy atom. The molecule has 7 nitrogen and oxygen atoms in total. The maximum atomic E-state index is 4.56. The minimum absolute atomic E-state index is 0.399. The molecular formula is C17H23N7S. The van der Waals surface area contributed by atoms with E-state index in [0.29, 0.717) is 11.8 Å². The summed E-state index contributed by atoms with van der Waals surface area (Å²) in [5, 5.41) is 8.94. The van der Waals surface area contributed by atoms with Gasteiger partial charge in [0.1, 0.15) is 5.82 Å². The molecule has 4 heterocycles. The average Bonchev–Trinajstić information content (AvgIpc) is 3.02. The van der Waals surface area contributed by atoms with Crippen molar-refractivity contribution in [2.24, 2.45) is 11.8 Å². The molecule has 25 heavy (non-hydrogen) atoms. The highest BCUT2D eigenvalue weighted by Gasteiger charge is 2.36. The van der Waals surface area contributed by atoms with Gasteiger partial charge in [0.2, 0.25) is 0 Å². The van der Waals surface area contributed by atoms with Gasteiger partial charge in [0.15, 0.2) is 11.3 Å². The van der Waals surface area contributed by atoms with Crippen molar-refractivity contribution < 1.29 is 0 Å². The number of aromatic nitrogens is 5. The Bertz CT molecular complexity index is 884. The molecule has 3 aromatic heterocycles. The van der Waals surface area contributed by atoms with Crippen LogP contribution >= 0.6 is 12.1 Å². The third kappa shape index (κ3) is 2.82. The molecule has 0 radical (unpaired) electrons. The lowest BCUT2D eigenvalue weighted by atomic mass is 9.93. The summed E-state index contributed by atoms with van der Waals surface area (Å²) in [7, 11) is 0. The fraction of sp³-hybridized carbons (Fsp3) is 0.588. The van der Waals surface area contributed by atoms with E-state index in [4.69, 9.17) is 0 Å². The lowest BCUT2D eigenvalue weighted by Gasteiger charge is -2.15. The highest BCUT2D eigenvalue weighted by atomic mass is 32.2. The van der Waals surface area contributed by atoms with E-state index in [2.05, 4.69) is 46.6 Å².